The molecular formula is C15H22N4O2. The summed E-state index contributed by atoms with van der Waals surface area (Å²) in [5, 5.41) is 0. The Morgan fingerprint density at radius 3 is 2.81 bits per heavy atom. The van der Waals surface area contributed by atoms with Crippen LogP contribution in [0.25, 0.3) is 0 Å². The zero-order chi connectivity index (χ0) is 14.8. The van der Waals surface area contributed by atoms with Crippen molar-refractivity contribution in [3.8, 4) is 0 Å². The van der Waals surface area contributed by atoms with Gasteiger partial charge in [-0.1, -0.05) is 0 Å². The highest BCUT2D eigenvalue weighted by Crippen LogP contribution is 2.25. The molecule has 21 heavy (non-hydrogen) atoms. The number of aryl methyl sites for hydroxylation is 1. The molecule has 2 saturated heterocycles. The van der Waals surface area contributed by atoms with Crippen LogP contribution in [-0.4, -0.2) is 70.6 Å². The topological polar surface area (TPSA) is 58.6 Å². The van der Waals surface area contributed by atoms with Gasteiger partial charge in [0, 0.05) is 37.9 Å². The normalized spacial score (nSPS) is 27.0. The van der Waals surface area contributed by atoms with Crippen molar-refractivity contribution in [2.75, 3.05) is 32.8 Å². The first-order valence-corrected chi connectivity index (χ1v) is 7.58. The molecule has 0 aliphatic carbocycles. The first kappa shape index (κ1) is 14.4. The first-order valence-electron chi connectivity index (χ1n) is 7.58. The fourth-order valence-corrected chi connectivity index (χ4v) is 3.36. The molecule has 0 radical (unpaired) electrons. The molecule has 6 nitrogen and oxygen atoms in total. The third-order valence-electron chi connectivity index (χ3n) is 4.63. The van der Waals surface area contributed by atoms with Crippen LogP contribution in [-0.2, 0) is 4.74 Å². The van der Waals surface area contributed by atoms with Crippen molar-refractivity contribution < 1.29 is 9.53 Å². The summed E-state index contributed by atoms with van der Waals surface area (Å²) in [6.07, 6.45) is 4.13. The molecule has 0 saturated carbocycles. The number of likely N-dealkylation sites (tertiary alicyclic amines) is 1. The first-order chi connectivity index (χ1) is 10.2. The number of carbonyl (C=O) groups is 1. The molecule has 0 spiro atoms. The average molecular weight is 290 g/mol. The summed E-state index contributed by atoms with van der Waals surface area (Å²) in [7, 11) is 0. The summed E-state index contributed by atoms with van der Waals surface area (Å²) >= 11 is 0. The van der Waals surface area contributed by atoms with Gasteiger partial charge in [-0.05, 0) is 20.3 Å². The number of morpholine rings is 1. The molecule has 2 fully saturated rings. The number of rotatable bonds is 2. The van der Waals surface area contributed by atoms with Crippen molar-refractivity contribution >= 4 is 5.91 Å². The summed E-state index contributed by atoms with van der Waals surface area (Å²) < 4.78 is 5.42. The highest BCUT2D eigenvalue weighted by atomic mass is 16.5. The minimum absolute atomic E-state index is 0.0522. The number of aromatic nitrogens is 2. The van der Waals surface area contributed by atoms with Gasteiger partial charge in [-0.25, -0.2) is 9.97 Å². The Balaban J connectivity index is 1.72. The second-order valence-corrected chi connectivity index (χ2v) is 5.77. The second-order valence-electron chi connectivity index (χ2n) is 5.77. The maximum atomic E-state index is 12.7. The lowest BCUT2D eigenvalue weighted by molar-refractivity contribution is 0.0104. The van der Waals surface area contributed by atoms with Crippen LogP contribution in [0.5, 0.6) is 0 Å². The number of carbonyl (C=O) groups excluding carboxylic acids is 1. The van der Waals surface area contributed by atoms with Crippen LogP contribution in [0.4, 0.5) is 0 Å². The van der Waals surface area contributed by atoms with Crippen LogP contribution >= 0.6 is 0 Å². The number of hydrogen-bond donors (Lipinski definition) is 0. The monoisotopic (exact) mass is 290 g/mol. The molecule has 1 amide bonds. The minimum Gasteiger partial charge on any atom is -0.379 e. The fourth-order valence-electron chi connectivity index (χ4n) is 3.36. The van der Waals surface area contributed by atoms with E-state index in [0.29, 0.717) is 11.6 Å². The van der Waals surface area contributed by atoms with E-state index in [1.807, 2.05) is 11.8 Å². The van der Waals surface area contributed by atoms with Crippen molar-refractivity contribution in [3.63, 3.8) is 0 Å². The lowest BCUT2D eigenvalue weighted by Crippen LogP contribution is -2.49. The smallest absolute Gasteiger partial charge is 0.257 e. The quantitative estimate of drug-likeness (QED) is 0.803. The van der Waals surface area contributed by atoms with Crippen LogP contribution in [0.1, 0.15) is 29.4 Å². The van der Waals surface area contributed by atoms with E-state index in [0.717, 1.165) is 45.0 Å². The number of amides is 1. The summed E-state index contributed by atoms with van der Waals surface area (Å²) in [6, 6.07) is 0.651. The fraction of sp³-hybridized carbons (Fsp3) is 0.667. The largest absolute Gasteiger partial charge is 0.379 e. The van der Waals surface area contributed by atoms with Crippen molar-refractivity contribution in [3.05, 3.63) is 23.8 Å². The van der Waals surface area contributed by atoms with Gasteiger partial charge in [0.2, 0.25) is 0 Å². The van der Waals surface area contributed by atoms with Gasteiger partial charge in [-0.3, -0.25) is 9.69 Å². The third-order valence-corrected chi connectivity index (χ3v) is 4.63. The molecule has 3 rings (SSSR count). The zero-order valence-corrected chi connectivity index (χ0v) is 12.7. The molecule has 1 aromatic heterocycles. The third kappa shape index (κ3) is 2.78. The molecule has 2 aliphatic rings. The Hall–Kier alpha value is -1.53. The predicted octanol–water partition coefficient (Wildman–Crippen LogP) is 0.720. The summed E-state index contributed by atoms with van der Waals surface area (Å²) in [4.78, 5) is 25.2. The average Bonchev–Trinajstić information content (AvgIpc) is 2.90. The van der Waals surface area contributed by atoms with Crippen molar-refractivity contribution in [2.45, 2.75) is 32.4 Å². The Morgan fingerprint density at radius 2 is 2.10 bits per heavy atom. The lowest BCUT2D eigenvalue weighted by atomic mass is 10.1. The van der Waals surface area contributed by atoms with Crippen LogP contribution in [0, 0.1) is 6.92 Å². The maximum Gasteiger partial charge on any atom is 0.257 e. The summed E-state index contributed by atoms with van der Waals surface area (Å²) in [5.41, 5.74) is 1.36. The van der Waals surface area contributed by atoms with E-state index in [1.54, 1.807) is 6.20 Å². The predicted molar refractivity (Wildman–Crippen MR) is 78.1 cm³/mol. The van der Waals surface area contributed by atoms with Crippen molar-refractivity contribution in [1.29, 1.82) is 0 Å². The van der Waals surface area contributed by atoms with E-state index < -0.39 is 0 Å². The number of ether oxygens (including phenoxy) is 1. The van der Waals surface area contributed by atoms with Gasteiger partial charge in [-0.2, -0.15) is 0 Å². The van der Waals surface area contributed by atoms with E-state index in [4.69, 9.17) is 4.74 Å². The van der Waals surface area contributed by atoms with E-state index in [2.05, 4.69) is 21.8 Å². The molecule has 0 bridgehead atoms. The lowest BCUT2D eigenvalue weighted by Gasteiger charge is -2.35. The molecule has 0 unspecified atom stereocenters. The van der Waals surface area contributed by atoms with E-state index >= 15 is 0 Å². The van der Waals surface area contributed by atoms with Crippen LogP contribution in [0.3, 0.4) is 0 Å². The van der Waals surface area contributed by atoms with Gasteiger partial charge in [-0.15, -0.1) is 0 Å². The van der Waals surface area contributed by atoms with Crippen LogP contribution in [0.15, 0.2) is 12.5 Å². The van der Waals surface area contributed by atoms with Gasteiger partial charge >= 0.3 is 0 Å². The Labute approximate surface area is 125 Å². The van der Waals surface area contributed by atoms with E-state index in [1.165, 1.54) is 6.33 Å². The Morgan fingerprint density at radius 1 is 1.33 bits per heavy atom. The number of nitrogens with zero attached hydrogens (tertiary/aromatic N) is 4. The van der Waals surface area contributed by atoms with Crippen LogP contribution in [0.2, 0.25) is 0 Å². The zero-order valence-electron chi connectivity index (χ0n) is 12.7. The summed E-state index contributed by atoms with van der Waals surface area (Å²) in [6.45, 7) is 8.32. The molecule has 2 atom stereocenters. The SMILES string of the molecule is Cc1ncncc1C(=O)N1CC[C@@H](N2CCOCC2)[C@H]1C. The van der Waals surface area contributed by atoms with Gasteiger partial charge in [0.05, 0.1) is 24.5 Å². The van der Waals surface area contributed by atoms with Gasteiger partial charge in [0.1, 0.15) is 6.33 Å². The maximum absolute atomic E-state index is 12.7. The summed E-state index contributed by atoms with van der Waals surface area (Å²) in [5.74, 6) is 0.0522. The van der Waals surface area contributed by atoms with E-state index in [-0.39, 0.29) is 11.9 Å². The van der Waals surface area contributed by atoms with Gasteiger partial charge in [0.25, 0.3) is 5.91 Å². The molecule has 1 aromatic rings. The second kappa shape index (κ2) is 6.07. The molecule has 2 aliphatic heterocycles. The highest BCUT2D eigenvalue weighted by Gasteiger charge is 2.38. The van der Waals surface area contributed by atoms with Gasteiger partial charge < -0.3 is 9.64 Å². The Kier molecular flexibility index (Phi) is 4.17. The molecule has 0 N–H and O–H groups in total. The van der Waals surface area contributed by atoms with Crippen molar-refractivity contribution in [1.82, 2.24) is 19.8 Å². The molecule has 6 heteroatoms. The minimum atomic E-state index is 0.0522. The molecular weight excluding hydrogens is 268 g/mol. The van der Waals surface area contributed by atoms with Gasteiger partial charge in [0.15, 0.2) is 0 Å². The number of hydrogen-bond acceptors (Lipinski definition) is 5. The molecule has 114 valence electrons. The molecule has 3 heterocycles. The Bertz CT molecular complexity index is 516. The highest BCUT2D eigenvalue weighted by molar-refractivity contribution is 5.95. The van der Waals surface area contributed by atoms with E-state index in [9.17, 15) is 4.79 Å². The standard InChI is InChI=1S/C15H22N4O2/c1-11-13(9-16-10-17-11)15(20)19-4-3-14(12(19)2)18-5-7-21-8-6-18/h9-10,12,14H,3-8H2,1-2H3/t12-,14-/m1/s1. The van der Waals surface area contributed by atoms with Crippen molar-refractivity contribution in [2.24, 2.45) is 0 Å². The van der Waals surface area contributed by atoms with Crippen LogP contribution < -0.4 is 0 Å². The molecule has 0 aromatic carbocycles.